The molecule has 0 unspecified atom stereocenters. The Morgan fingerprint density at radius 2 is 2.00 bits per heavy atom. The minimum absolute atomic E-state index is 0.524. The summed E-state index contributed by atoms with van der Waals surface area (Å²) in [4.78, 5) is 11.5. The van der Waals surface area contributed by atoms with E-state index in [1.807, 2.05) is 13.8 Å². The molecule has 0 saturated heterocycles. The molecule has 0 aliphatic rings. The molecule has 0 aromatic carbocycles. The number of halogens is 2. The summed E-state index contributed by atoms with van der Waals surface area (Å²) in [5.74, 6) is 0.690. The number of aromatic nitrogens is 3. The van der Waals surface area contributed by atoms with Crippen LogP contribution in [0.1, 0.15) is 11.5 Å². The second-order valence-electron chi connectivity index (χ2n) is 2.85. The van der Waals surface area contributed by atoms with E-state index >= 15 is 0 Å². The summed E-state index contributed by atoms with van der Waals surface area (Å²) < 4.78 is 1.10. The van der Waals surface area contributed by atoms with E-state index < -0.39 is 0 Å². The van der Waals surface area contributed by atoms with Gasteiger partial charge in [0, 0.05) is 9.26 Å². The lowest BCUT2D eigenvalue weighted by Crippen LogP contribution is -1.88. The number of H-pyrrole nitrogens is 1. The summed E-state index contributed by atoms with van der Waals surface area (Å²) in [7, 11) is 0. The van der Waals surface area contributed by atoms with Gasteiger partial charge >= 0.3 is 0 Å². The topological polar surface area (TPSA) is 41.6 Å². The van der Waals surface area contributed by atoms with Crippen molar-refractivity contribution >= 4 is 45.2 Å². The van der Waals surface area contributed by atoms with Crippen LogP contribution in [0.5, 0.6) is 0 Å². The lowest BCUT2D eigenvalue weighted by atomic mass is 10.4. The lowest BCUT2D eigenvalue weighted by molar-refractivity contribution is 1.08. The first-order valence-electron chi connectivity index (χ1n) is 3.77. The van der Waals surface area contributed by atoms with E-state index in [4.69, 9.17) is 11.6 Å². The highest BCUT2D eigenvalue weighted by Gasteiger charge is 2.11. The maximum Gasteiger partial charge on any atom is 0.143 e. The predicted molar refractivity (Wildman–Crippen MR) is 61.1 cm³/mol. The molecule has 0 spiro atoms. The van der Waals surface area contributed by atoms with E-state index in [1.54, 1.807) is 0 Å². The zero-order valence-corrected chi connectivity index (χ0v) is 10.1. The largest absolute Gasteiger partial charge is 0.342 e. The van der Waals surface area contributed by atoms with E-state index in [0.717, 1.165) is 20.3 Å². The molecule has 0 fully saturated rings. The van der Waals surface area contributed by atoms with Crippen molar-refractivity contribution in [2.45, 2.75) is 13.8 Å². The lowest BCUT2D eigenvalue weighted by Gasteiger charge is -1.95. The fourth-order valence-electron chi connectivity index (χ4n) is 1.24. The van der Waals surface area contributed by atoms with E-state index in [2.05, 4.69) is 37.5 Å². The third-order valence-electron chi connectivity index (χ3n) is 1.83. The van der Waals surface area contributed by atoms with Gasteiger partial charge in [-0.05, 0) is 36.4 Å². The molecule has 0 aliphatic heterocycles. The van der Waals surface area contributed by atoms with Gasteiger partial charge < -0.3 is 4.98 Å². The van der Waals surface area contributed by atoms with Crippen LogP contribution in [0.4, 0.5) is 0 Å². The van der Waals surface area contributed by atoms with E-state index in [0.29, 0.717) is 11.0 Å². The Hall–Kier alpha value is -0.360. The first kappa shape index (κ1) is 9.21. The van der Waals surface area contributed by atoms with Crippen molar-refractivity contribution in [2.75, 3.05) is 0 Å². The molecule has 68 valence electrons. The van der Waals surface area contributed by atoms with E-state index in [9.17, 15) is 0 Å². The normalized spacial score (nSPS) is 11.1. The second kappa shape index (κ2) is 3.09. The minimum Gasteiger partial charge on any atom is -0.342 e. The highest BCUT2D eigenvalue weighted by atomic mass is 127. The van der Waals surface area contributed by atoms with Crippen LogP contribution >= 0.6 is 34.2 Å². The highest BCUT2D eigenvalue weighted by Crippen LogP contribution is 2.27. The molecule has 0 radical (unpaired) electrons. The van der Waals surface area contributed by atoms with Crippen LogP contribution < -0.4 is 0 Å². The number of nitrogens with one attached hydrogen (secondary N) is 1. The van der Waals surface area contributed by atoms with Gasteiger partial charge in [0.25, 0.3) is 0 Å². The standard InChI is InChI=1S/C8H7ClIN3/c1-3-6(10)5-7(9)12-4(2)13-8(5)11-3/h1-2H3,(H,11,12,13). The Morgan fingerprint density at radius 3 is 2.69 bits per heavy atom. The maximum absolute atomic E-state index is 6.01. The molecule has 13 heavy (non-hydrogen) atoms. The van der Waals surface area contributed by atoms with Crippen LogP contribution in [0.25, 0.3) is 11.0 Å². The van der Waals surface area contributed by atoms with Crippen molar-refractivity contribution in [2.24, 2.45) is 0 Å². The summed E-state index contributed by atoms with van der Waals surface area (Å²) in [6, 6.07) is 0. The molecule has 0 saturated carbocycles. The van der Waals surface area contributed by atoms with Crippen molar-refractivity contribution < 1.29 is 0 Å². The van der Waals surface area contributed by atoms with Crippen LogP contribution in [0.3, 0.4) is 0 Å². The quantitative estimate of drug-likeness (QED) is 0.601. The fourth-order valence-corrected chi connectivity index (χ4v) is 2.35. The van der Waals surface area contributed by atoms with Gasteiger partial charge in [-0.15, -0.1) is 0 Å². The van der Waals surface area contributed by atoms with Crippen LogP contribution in [-0.2, 0) is 0 Å². The third kappa shape index (κ3) is 1.42. The molecule has 3 nitrogen and oxygen atoms in total. The Balaban J connectivity index is 2.94. The molecule has 0 amide bonds. The SMILES string of the molecule is Cc1nc(Cl)c2c(I)c(C)[nH]c2n1. The van der Waals surface area contributed by atoms with Gasteiger partial charge in [0.1, 0.15) is 16.6 Å². The monoisotopic (exact) mass is 307 g/mol. The van der Waals surface area contributed by atoms with Gasteiger partial charge in [-0.3, -0.25) is 0 Å². The van der Waals surface area contributed by atoms with Crippen molar-refractivity contribution in [1.29, 1.82) is 0 Å². The molecule has 2 aromatic heterocycles. The number of fused-ring (bicyclic) bond motifs is 1. The molecule has 1 N–H and O–H groups in total. The number of aromatic amines is 1. The van der Waals surface area contributed by atoms with Crippen molar-refractivity contribution in [3.05, 3.63) is 20.2 Å². The number of rotatable bonds is 0. The summed E-state index contributed by atoms with van der Waals surface area (Å²) in [5.41, 5.74) is 1.90. The van der Waals surface area contributed by atoms with Crippen LogP contribution in [-0.4, -0.2) is 15.0 Å². The summed E-state index contributed by atoms with van der Waals surface area (Å²) in [6.45, 7) is 3.82. The highest BCUT2D eigenvalue weighted by molar-refractivity contribution is 14.1. The van der Waals surface area contributed by atoms with Crippen molar-refractivity contribution in [3.8, 4) is 0 Å². The van der Waals surface area contributed by atoms with Crippen molar-refractivity contribution in [3.63, 3.8) is 0 Å². The molecule has 5 heteroatoms. The average molecular weight is 308 g/mol. The number of hydrogen-bond acceptors (Lipinski definition) is 2. The molecular weight excluding hydrogens is 300 g/mol. The second-order valence-corrected chi connectivity index (χ2v) is 4.29. The first-order valence-corrected chi connectivity index (χ1v) is 5.23. The zero-order valence-electron chi connectivity index (χ0n) is 7.15. The zero-order chi connectivity index (χ0) is 9.59. The molecule has 0 bridgehead atoms. The Bertz CT molecular complexity index is 478. The molecule has 2 rings (SSSR count). The fraction of sp³-hybridized carbons (Fsp3) is 0.250. The number of hydrogen-bond donors (Lipinski definition) is 1. The minimum atomic E-state index is 0.524. The van der Waals surface area contributed by atoms with Gasteiger partial charge in [-0.1, -0.05) is 11.6 Å². The molecular formula is C8H7ClIN3. The predicted octanol–water partition coefficient (Wildman–Crippen LogP) is 2.83. The van der Waals surface area contributed by atoms with E-state index in [-0.39, 0.29) is 0 Å². The number of aryl methyl sites for hydroxylation is 2. The van der Waals surface area contributed by atoms with E-state index in [1.165, 1.54) is 0 Å². The molecule has 2 heterocycles. The van der Waals surface area contributed by atoms with Gasteiger partial charge in [-0.25, -0.2) is 9.97 Å². The summed E-state index contributed by atoms with van der Waals surface area (Å²) in [5, 5.41) is 1.45. The van der Waals surface area contributed by atoms with Crippen LogP contribution in [0, 0.1) is 17.4 Å². The Kier molecular flexibility index (Phi) is 2.19. The van der Waals surface area contributed by atoms with Gasteiger partial charge in [0.05, 0.1) is 5.39 Å². The summed E-state index contributed by atoms with van der Waals surface area (Å²) in [6.07, 6.45) is 0. The van der Waals surface area contributed by atoms with Crippen LogP contribution in [0.15, 0.2) is 0 Å². The number of nitrogens with zero attached hydrogens (tertiary/aromatic N) is 2. The van der Waals surface area contributed by atoms with Gasteiger partial charge in [0.15, 0.2) is 0 Å². The smallest absolute Gasteiger partial charge is 0.143 e. The Morgan fingerprint density at radius 1 is 1.31 bits per heavy atom. The third-order valence-corrected chi connectivity index (χ3v) is 3.45. The average Bonchev–Trinajstić information content (AvgIpc) is 2.27. The molecule has 2 aromatic rings. The van der Waals surface area contributed by atoms with Crippen molar-refractivity contribution in [1.82, 2.24) is 15.0 Å². The Labute approximate surface area is 94.1 Å². The van der Waals surface area contributed by atoms with Gasteiger partial charge in [0.2, 0.25) is 0 Å². The van der Waals surface area contributed by atoms with Gasteiger partial charge in [-0.2, -0.15) is 0 Å². The summed E-state index contributed by atoms with van der Waals surface area (Å²) >= 11 is 8.24. The maximum atomic E-state index is 6.01. The van der Waals surface area contributed by atoms with Crippen LogP contribution in [0.2, 0.25) is 5.15 Å². The first-order chi connectivity index (χ1) is 6.09. The molecule has 0 atom stereocenters. The molecule has 0 aliphatic carbocycles.